The van der Waals surface area contributed by atoms with E-state index >= 15 is 0 Å². The molecule has 8 heteroatoms. The van der Waals surface area contributed by atoms with E-state index in [9.17, 15) is 14.4 Å². The molecule has 2 amide bonds. The van der Waals surface area contributed by atoms with Crippen LogP contribution in [0.3, 0.4) is 0 Å². The number of thiophene rings is 1. The predicted molar refractivity (Wildman–Crippen MR) is 125 cm³/mol. The summed E-state index contributed by atoms with van der Waals surface area (Å²) in [5.41, 5.74) is 2.34. The van der Waals surface area contributed by atoms with Crippen molar-refractivity contribution >= 4 is 50.8 Å². The van der Waals surface area contributed by atoms with Gasteiger partial charge in [0.2, 0.25) is 0 Å². The highest BCUT2D eigenvalue weighted by molar-refractivity contribution is 7.21. The number of carbonyl (C=O) groups is 3. The minimum atomic E-state index is -0.971. The summed E-state index contributed by atoms with van der Waals surface area (Å²) in [5.74, 6) is -1.51. The molecule has 0 fully saturated rings. The van der Waals surface area contributed by atoms with Crippen molar-refractivity contribution in [2.24, 2.45) is 0 Å². The Kier molecular flexibility index (Phi) is 6.77. The fraction of sp³-hybridized carbons (Fsp3) is 0.292. The first-order valence-electron chi connectivity index (χ1n) is 10.5. The summed E-state index contributed by atoms with van der Waals surface area (Å²) in [5, 5.41) is 6.65. The molecule has 2 atom stereocenters. The topological polar surface area (TPSA) is 84.5 Å². The van der Waals surface area contributed by atoms with Gasteiger partial charge in [-0.05, 0) is 43.4 Å². The Morgan fingerprint density at radius 2 is 1.91 bits per heavy atom. The first-order valence-corrected chi connectivity index (χ1v) is 11.7. The lowest BCUT2D eigenvalue weighted by Gasteiger charge is -2.27. The number of halogens is 1. The van der Waals surface area contributed by atoms with Gasteiger partial charge in [0.15, 0.2) is 6.10 Å². The second-order valence-corrected chi connectivity index (χ2v) is 9.14. The minimum absolute atomic E-state index is 0.0941. The molecule has 4 rings (SSSR count). The van der Waals surface area contributed by atoms with Crippen molar-refractivity contribution in [2.45, 2.75) is 38.3 Å². The molecule has 2 N–H and O–H groups in total. The minimum Gasteiger partial charge on any atom is -0.451 e. The van der Waals surface area contributed by atoms with Crippen molar-refractivity contribution in [2.75, 3.05) is 6.54 Å². The molecule has 0 unspecified atom stereocenters. The maximum absolute atomic E-state index is 12.6. The van der Waals surface area contributed by atoms with Crippen LogP contribution in [0.1, 0.15) is 46.6 Å². The predicted octanol–water partition coefficient (Wildman–Crippen LogP) is 4.41. The molecule has 0 radical (unpaired) electrons. The molecule has 2 aromatic carbocycles. The highest BCUT2D eigenvalue weighted by Crippen LogP contribution is 2.35. The van der Waals surface area contributed by atoms with Crippen molar-refractivity contribution in [3.8, 4) is 0 Å². The van der Waals surface area contributed by atoms with Gasteiger partial charge in [0.05, 0.1) is 11.1 Å². The van der Waals surface area contributed by atoms with E-state index < -0.39 is 18.0 Å². The van der Waals surface area contributed by atoms with Gasteiger partial charge in [0.25, 0.3) is 11.8 Å². The van der Waals surface area contributed by atoms with Gasteiger partial charge in [0, 0.05) is 10.1 Å². The van der Waals surface area contributed by atoms with E-state index in [1.54, 1.807) is 0 Å². The smallest absolute Gasteiger partial charge is 0.326 e. The van der Waals surface area contributed by atoms with Gasteiger partial charge >= 0.3 is 5.97 Å². The molecule has 166 valence electrons. The van der Waals surface area contributed by atoms with Crippen molar-refractivity contribution in [1.29, 1.82) is 0 Å². The van der Waals surface area contributed by atoms with Crippen LogP contribution in [0, 0.1) is 0 Å². The lowest BCUT2D eigenvalue weighted by molar-refractivity contribution is -0.154. The van der Waals surface area contributed by atoms with Gasteiger partial charge in [0.1, 0.15) is 11.4 Å². The normalized spacial score (nSPS) is 16.1. The fourth-order valence-corrected chi connectivity index (χ4v) is 5.31. The highest BCUT2D eigenvalue weighted by Gasteiger charge is 2.25. The first-order chi connectivity index (χ1) is 15.4. The van der Waals surface area contributed by atoms with Crippen LogP contribution >= 0.6 is 22.9 Å². The Hall–Kier alpha value is -2.90. The fourth-order valence-electron chi connectivity index (χ4n) is 3.88. The van der Waals surface area contributed by atoms with E-state index in [2.05, 4.69) is 16.7 Å². The maximum Gasteiger partial charge on any atom is 0.326 e. The van der Waals surface area contributed by atoms with E-state index in [1.807, 2.05) is 42.5 Å². The van der Waals surface area contributed by atoms with Gasteiger partial charge in [-0.25, -0.2) is 0 Å². The number of hydrogen-bond acceptors (Lipinski definition) is 5. The summed E-state index contributed by atoms with van der Waals surface area (Å²) in [6.07, 6.45) is 1.86. The third kappa shape index (κ3) is 4.79. The van der Waals surface area contributed by atoms with Crippen LogP contribution < -0.4 is 10.6 Å². The van der Waals surface area contributed by atoms with Gasteiger partial charge in [-0.15, -0.1) is 11.3 Å². The highest BCUT2D eigenvalue weighted by atomic mass is 35.5. The van der Waals surface area contributed by atoms with E-state index in [1.165, 1.54) is 23.8 Å². The van der Waals surface area contributed by atoms with Crippen LogP contribution in [0.5, 0.6) is 0 Å². The quantitative estimate of drug-likeness (QED) is 0.522. The van der Waals surface area contributed by atoms with E-state index in [4.69, 9.17) is 16.3 Å². The van der Waals surface area contributed by atoms with Crippen LogP contribution in [0.2, 0.25) is 5.02 Å². The Balaban J connectivity index is 1.29. The van der Waals surface area contributed by atoms with Crippen LogP contribution in [0.4, 0.5) is 0 Å². The number of esters is 1. The number of amides is 2. The van der Waals surface area contributed by atoms with E-state index in [-0.39, 0.29) is 18.5 Å². The summed E-state index contributed by atoms with van der Waals surface area (Å²) in [6.45, 7) is 1.17. The summed E-state index contributed by atoms with van der Waals surface area (Å²) < 4.78 is 6.11. The average molecular weight is 471 g/mol. The van der Waals surface area contributed by atoms with Crippen LogP contribution in [0.15, 0.2) is 48.5 Å². The standard InChI is InChI=1S/C24H23ClN2O4S/c1-14(23(29)27-18-11-6-8-15-7-2-3-9-16(15)18)31-20(28)13-26-24(30)22-21(25)17-10-4-5-12-19(17)32-22/h2-5,7,9-10,12,14,18H,6,8,11,13H2,1H3,(H,26,30)(H,27,29)/t14-,18+/m1/s1. The van der Waals surface area contributed by atoms with Crippen LogP contribution in [-0.2, 0) is 20.7 Å². The number of benzene rings is 2. The lowest BCUT2D eigenvalue weighted by Crippen LogP contribution is -2.40. The Morgan fingerprint density at radius 3 is 2.72 bits per heavy atom. The van der Waals surface area contributed by atoms with Crippen molar-refractivity contribution < 1.29 is 19.1 Å². The zero-order valence-electron chi connectivity index (χ0n) is 17.5. The molecule has 1 aromatic heterocycles. The summed E-state index contributed by atoms with van der Waals surface area (Å²) in [4.78, 5) is 37.6. The zero-order valence-corrected chi connectivity index (χ0v) is 19.1. The molecule has 1 aliphatic rings. The molecule has 0 saturated carbocycles. The molecule has 1 heterocycles. The monoisotopic (exact) mass is 470 g/mol. The van der Waals surface area contributed by atoms with E-state index in [0.29, 0.717) is 9.90 Å². The third-order valence-corrected chi connectivity index (χ3v) is 7.17. The number of rotatable bonds is 6. The first kappa shape index (κ1) is 22.3. The van der Waals surface area contributed by atoms with E-state index in [0.717, 1.165) is 34.9 Å². The number of carbonyl (C=O) groups excluding carboxylic acids is 3. The molecule has 0 bridgehead atoms. The molecule has 32 heavy (non-hydrogen) atoms. The van der Waals surface area contributed by atoms with Gasteiger partial charge in [-0.1, -0.05) is 54.1 Å². The molecular formula is C24H23ClN2O4S. The second kappa shape index (κ2) is 9.71. The molecule has 6 nitrogen and oxygen atoms in total. The largest absolute Gasteiger partial charge is 0.451 e. The molecule has 0 spiro atoms. The van der Waals surface area contributed by atoms with Crippen LogP contribution in [0.25, 0.3) is 10.1 Å². The second-order valence-electron chi connectivity index (χ2n) is 7.71. The number of fused-ring (bicyclic) bond motifs is 2. The number of ether oxygens (including phenoxy) is 1. The number of hydrogen-bond donors (Lipinski definition) is 2. The maximum atomic E-state index is 12.6. The van der Waals surface area contributed by atoms with Crippen molar-refractivity contribution in [1.82, 2.24) is 10.6 Å². The third-order valence-electron chi connectivity index (χ3n) is 5.50. The Bertz CT molecular complexity index is 1180. The molecule has 0 aliphatic heterocycles. The summed E-state index contributed by atoms with van der Waals surface area (Å²) in [7, 11) is 0. The Labute approximate surface area is 194 Å². The lowest BCUT2D eigenvalue weighted by atomic mass is 9.87. The molecule has 1 aliphatic carbocycles. The summed E-state index contributed by atoms with van der Waals surface area (Å²) in [6, 6.07) is 15.4. The zero-order chi connectivity index (χ0) is 22.7. The number of nitrogens with one attached hydrogen (secondary N) is 2. The van der Waals surface area contributed by atoms with Gasteiger partial charge in [-0.2, -0.15) is 0 Å². The Morgan fingerprint density at radius 1 is 1.16 bits per heavy atom. The van der Waals surface area contributed by atoms with Crippen molar-refractivity contribution in [3.05, 3.63) is 69.6 Å². The SMILES string of the molecule is C[C@@H](OC(=O)CNC(=O)c1sc2ccccc2c1Cl)C(=O)N[C@H]1CCCc2ccccc21. The summed E-state index contributed by atoms with van der Waals surface area (Å²) >= 11 is 7.56. The van der Waals surface area contributed by atoms with Crippen LogP contribution in [-0.4, -0.2) is 30.4 Å². The number of aryl methyl sites for hydroxylation is 1. The molecule has 0 saturated heterocycles. The molecular weight excluding hydrogens is 448 g/mol. The van der Waals surface area contributed by atoms with Gasteiger partial charge in [-0.3, -0.25) is 14.4 Å². The molecule has 3 aromatic rings. The average Bonchev–Trinajstić information content (AvgIpc) is 3.14. The van der Waals surface area contributed by atoms with Crippen molar-refractivity contribution in [3.63, 3.8) is 0 Å². The van der Waals surface area contributed by atoms with Gasteiger partial charge < -0.3 is 15.4 Å².